The van der Waals surface area contributed by atoms with Gasteiger partial charge in [-0.05, 0) is 19.1 Å². The number of amides is 1. The summed E-state index contributed by atoms with van der Waals surface area (Å²) in [7, 11) is 0. The standard InChI is InChI=1S/C19H14ClN5OS/c1-12-17(23-22-15-10-6-5-9-14(15)20)18(26)25(24-12)19-21-16(11-27-19)13-7-3-2-4-8-13/h2-11,17H,1H3/t17-/m1/s1. The molecule has 2 aromatic carbocycles. The highest BCUT2D eigenvalue weighted by Crippen LogP contribution is 2.31. The summed E-state index contributed by atoms with van der Waals surface area (Å²) in [5, 5.41) is 16.8. The number of hydrogen-bond donors (Lipinski definition) is 0. The monoisotopic (exact) mass is 395 g/mol. The van der Waals surface area contributed by atoms with Crippen LogP contribution in [-0.2, 0) is 4.79 Å². The fourth-order valence-corrected chi connectivity index (χ4v) is 3.54. The van der Waals surface area contributed by atoms with Gasteiger partial charge in [0.2, 0.25) is 5.13 Å². The van der Waals surface area contributed by atoms with Crippen LogP contribution < -0.4 is 5.01 Å². The van der Waals surface area contributed by atoms with Crippen molar-refractivity contribution < 1.29 is 4.79 Å². The summed E-state index contributed by atoms with van der Waals surface area (Å²) in [6, 6.07) is 16.1. The van der Waals surface area contributed by atoms with Crippen LogP contribution in [0.4, 0.5) is 10.8 Å². The minimum Gasteiger partial charge on any atom is -0.269 e. The number of nitrogens with zero attached hydrogens (tertiary/aromatic N) is 5. The van der Waals surface area contributed by atoms with Gasteiger partial charge in [0.25, 0.3) is 5.91 Å². The predicted molar refractivity (Wildman–Crippen MR) is 108 cm³/mol. The van der Waals surface area contributed by atoms with E-state index in [0.29, 0.717) is 21.6 Å². The van der Waals surface area contributed by atoms with E-state index in [0.717, 1.165) is 11.3 Å². The molecule has 2 heterocycles. The van der Waals surface area contributed by atoms with Gasteiger partial charge >= 0.3 is 0 Å². The van der Waals surface area contributed by atoms with Gasteiger partial charge in [0.1, 0.15) is 5.69 Å². The highest BCUT2D eigenvalue weighted by atomic mass is 35.5. The van der Waals surface area contributed by atoms with E-state index >= 15 is 0 Å². The molecule has 0 saturated carbocycles. The second-order valence-electron chi connectivity index (χ2n) is 5.84. The van der Waals surface area contributed by atoms with Crippen LogP contribution in [0.2, 0.25) is 5.02 Å². The Hall–Kier alpha value is -2.90. The molecule has 0 fully saturated rings. The Labute approximate surface area is 164 Å². The SMILES string of the molecule is CC1=NN(c2nc(-c3ccccc3)cs2)C(=O)[C@@H]1N=Nc1ccccc1Cl. The Morgan fingerprint density at radius 2 is 1.85 bits per heavy atom. The third kappa shape index (κ3) is 3.51. The molecule has 6 nitrogen and oxygen atoms in total. The molecule has 4 rings (SSSR count). The third-order valence-corrected chi connectivity index (χ3v) is 5.11. The molecule has 0 N–H and O–H groups in total. The summed E-state index contributed by atoms with van der Waals surface area (Å²) >= 11 is 7.44. The second kappa shape index (κ2) is 7.38. The number of thiazole rings is 1. The zero-order valence-electron chi connectivity index (χ0n) is 14.3. The van der Waals surface area contributed by atoms with Crippen molar-refractivity contribution in [3.8, 4) is 11.3 Å². The Morgan fingerprint density at radius 1 is 1.11 bits per heavy atom. The summed E-state index contributed by atoms with van der Waals surface area (Å²) in [6.07, 6.45) is 0. The van der Waals surface area contributed by atoms with Crippen LogP contribution in [0.1, 0.15) is 6.92 Å². The van der Waals surface area contributed by atoms with Gasteiger partial charge in [-0.3, -0.25) is 4.79 Å². The number of hydrogen-bond acceptors (Lipinski definition) is 6. The Balaban J connectivity index is 1.56. The lowest BCUT2D eigenvalue weighted by molar-refractivity contribution is -0.117. The van der Waals surface area contributed by atoms with Crippen LogP contribution in [0, 0.1) is 0 Å². The molecule has 3 aromatic rings. The van der Waals surface area contributed by atoms with Crippen molar-refractivity contribution in [2.75, 3.05) is 5.01 Å². The molecule has 0 unspecified atom stereocenters. The lowest BCUT2D eigenvalue weighted by Gasteiger charge is -2.08. The highest BCUT2D eigenvalue weighted by Gasteiger charge is 2.36. The summed E-state index contributed by atoms with van der Waals surface area (Å²) in [4.78, 5) is 17.3. The van der Waals surface area contributed by atoms with Gasteiger partial charge in [-0.15, -0.1) is 11.3 Å². The van der Waals surface area contributed by atoms with Crippen molar-refractivity contribution in [1.29, 1.82) is 0 Å². The second-order valence-corrected chi connectivity index (χ2v) is 7.09. The Kier molecular flexibility index (Phi) is 4.79. The van der Waals surface area contributed by atoms with Crippen LogP contribution in [0.3, 0.4) is 0 Å². The van der Waals surface area contributed by atoms with Gasteiger partial charge in [-0.2, -0.15) is 20.3 Å². The lowest BCUT2D eigenvalue weighted by atomic mass is 10.2. The van der Waals surface area contributed by atoms with Crippen molar-refractivity contribution >= 4 is 45.4 Å². The first-order valence-electron chi connectivity index (χ1n) is 8.19. The van der Waals surface area contributed by atoms with E-state index in [4.69, 9.17) is 11.6 Å². The molecule has 8 heteroatoms. The maximum Gasteiger partial charge on any atom is 0.282 e. The number of azo groups is 1. The van der Waals surface area contributed by atoms with E-state index < -0.39 is 6.04 Å². The number of anilines is 1. The molecule has 1 aliphatic heterocycles. The number of rotatable bonds is 4. The number of hydrazone groups is 1. The molecule has 1 aliphatic rings. The van der Waals surface area contributed by atoms with Gasteiger partial charge in [0, 0.05) is 10.9 Å². The van der Waals surface area contributed by atoms with Crippen molar-refractivity contribution in [2.45, 2.75) is 13.0 Å². The average Bonchev–Trinajstić information content (AvgIpc) is 3.27. The number of halogens is 1. The summed E-state index contributed by atoms with van der Waals surface area (Å²) in [6.45, 7) is 1.75. The lowest BCUT2D eigenvalue weighted by Crippen LogP contribution is -2.29. The normalized spacial score (nSPS) is 17.0. The summed E-state index contributed by atoms with van der Waals surface area (Å²) in [5.41, 5.74) is 2.87. The predicted octanol–water partition coefficient (Wildman–Crippen LogP) is 5.34. The maximum atomic E-state index is 12.8. The molecular formula is C19H14ClN5OS. The number of benzene rings is 2. The molecule has 1 amide bonds. The fraction of sp³-hybridized carbons (Fsp3) is 0.105. The maximum absolute atomic E-state index is 12.8. The van der Waals surface area contributed by atoms with E-state index in [-0.39, 0.29) is 5.91 Å². The molecule has 0 spiro atoms. The number of aromatic nitrogens is 1. The molecule has 0 aliphatic carbocycles. The summed E-state index contributed by atoms with van der Waals surface area (Å²) < 4.78 is 0. The zero-order valence-corrected chi connectivity index (χ0v) is 15.9. The minimum atomic E-state index is -0.773. The number of carbonyl (C=O) groups excluding carboxylic acids is 1. The van der Waals surface area contributed by atoms with Crippen molar-refractivity contribution in [3.63, 3.8) is 0 Å². The topological polar surface area (TPSA) is 70.3 Å². The quantitative estimate of drug-likeness (QED) is 0.559. The van der Waals surface area contributed by atoms with Gasteiger partial charge in [0.05, 0.1) is 16.4 Å². The number of carbonyl (C=O) groups is 1. The first kappa shape index (κ1) is 17.5. The van der Waals surface area contributed by atoms with Crippen molar-refractivity contribution in [1.82, 2.24) is 4.98 Å². The molecular weight excluding hydrogens is 382 g/mol. The largest absolute Gasteiger partial charge is 0.282 e. The average molecular weight is 396 g/mol. The van der Waals surface area contributed by atoms with Crippen molar-refractivity contribution in [3.05, 3.63) is 65.0 Å². The van der Waals surface area contributed by atoms with Crippen LogP contribution in [-0.4, -0.2) is 22.6 Å². The minimum absolute atomic E-state index is 0.280. The van der Waals surface area contributed by atoms with Crippen LogP contribution in [0.15, 0.2) is 75.3 Å². The molecule has 1 aromatic heterocycles. The molecule has 134 valence electrons. The van der Waals surface area contributed by atoms with Gasteiger partial charge in [-0.25, -0.2) is 4.98 Å². The molecule has 0 radical (unpaired) electrons. The molecule has 1 atom stereocenters. The zero-order chi connectivity index (χ0) is 18.8. The van der Waals surface area contributed by atoms with Gasteiger partial charge in [0.15, 0.2) is 6.04 Å². The smallest absolute Gasteiger partial charge is 0.269 e. The fourth-order valence-electron chi connectivity index (χ4n) is 2.58. The Morgan fingerprint density at radius 3 is 2.63 bits per heavy atom. The van der Waals surface area contributed by atoms with Gasteiger partial charge < -0.3 is 0 Å². The van der Waals surface area contributed by atoms with Crippen LogP contribution >= 0.6 is 22.9 Å². The van der Waals surface area contributed by atoms with E-state index in [9.17, 15) is 4.79 Å². The van der Waals surface area contributed by atoms with E-state index in [2.05, 4.69) is 20.3 Å². The third-order valence-electron chi connectivity index (χ3n) is 3.97. The van der Waals surface area contributed by atoms with E-state index in [1.165, 1.54) is 16.3 Å². The first-order chi connectivity index (χ1) is 13.1. The molecule has 0 bridgehead atoms. The van der Waals surface area contributed by atoms with Gasteiger partial charge in [-0.1, -0.05) is 54.1 Å². The van der Waals surface area contributed by atoms with Crippen LogP contribution in [0.25, 0.3) is 11.3 Å². The van der Waals surface area contributed by atoms with Crippen molar-refractivity contribution in [2.24, 2.45) is 15.3 Å². The summed E-state index contributed by atoms with van der Waals surface area (Å²) in [5.74, 6) is -0.280. The van der Waals surface area contributed by atoms with E-state index in [1.807, 2.05) is 47.8 Å². The molecule has 27 heavy (non-hydrogen) atoms. The Bertz CT molecular complexity index is 1050. The highest BCUT2D eigenvalue weighted by molar-refractivity contribution is 7.14. The molecule has 0 saturated heterocycles. The van der Waals surface area contributed by atoms with E-state index in [1.54, 1.807) is 19.1 Å². The van der Waals surface area contributed by atoms with Crippen LogP contribution in [0.5, 0.6) is 0 Å². The first-order valence-corrected chi connectivity index (χ1v) is 9.44.